The summed E-state index contributed by atoms with van der Waals surface area (Å²) in [4.78, 5) is 15.0. The summed E-state index contributed by atoms with van der Waals surface area (Å²) >= 11 is 1.65. The zero-order valence-electron chi connectivity index (χ0n) is 7.75. The largest absolute Gasteiger partial charge is 0.296 e. The van der Waals surface area contributed by atoms with Crippen LogP contribution in [0.4, 0.5) is 0 Å². The van der Waals surface area contributed by atoms with Crippen LogP contribution in [0.2, 0.25) is 0 Å². The Kier molecular flexibility index (Phi) is 2.47. The predicted octanol–water partition coefficient (Wildman–Crippen LogP) is 1.94. The molecule has 3 heteroatoms. The van der Waals surface area contributed by atoms with Gasteiger partial charge in [0.15, 0.2) is 5.78 Å². The van der Waals surface area contributed by atoms with Crippen LogP contribution in [0.25, 0.3) is 0 Å². The van der Waals surface area contributed by atoms with Crippen LogP contribution < -0.4 is 0 Å². The zero-order chi connectivity index (χ0) is 9.26. The highest BCUT2D eigenvalue weighted by Crippen LogP contribution is 2.17. The smallest absolute Gasteiger partial charge is 0.177 e. The van der Waals surface area contributed by atoms with Gasteiger partial charge in [0, 0.05) is 10.4 Å². The Hall–Kier alpha value is -0.670. The second-order valence-corrected chi connectivity index (χ2v) is 4.56. The number of hydrogen-bond acceptors (Lipinski definition) is 3. The number of thiophene rings is 1. The summed E-state index contributed by atoms with van der Waals surface area (Å²) in [6.07, 6.45) is 1.25. The van der Waals surface area contributed by atoms with E-state index in [2.05, 4.69) is 4.90 Å². The van der Waals surface area contributed by atoms with Crippen LogP contribution in [0.1, 0.15) is 21.7 Å². The fraction of sp³-hybridized carbons (Fsp3) is 0.500. The second kappa shape index (κ2) is 3.60. The Morgan fingerprint density at radius 3 is 2.85 bits per heavy atom. The third-order valence-corrected chi connectivity index (χ3v) is 3.32. The SMILES string of the molecule is Cc1sccc1C(=O)CN1CCC1. The maximum Gasteiger partial charge on any atom is 0.177 e. The Balaban J connectivity index is 2.00. The lowest BCUT2D eigenvalue weighted by Gasteiger charge is -2.29. The molecule has 0 aliphatic carbocycles. The van der Waals surface area contributed by atoms with E-state index in [9.17, 15) is 4.79 Å². The first-order valence-corrected chi connectivity index (χ1v) is 5.45. The Bertz CT molecular complexity index is 314. The van der Waals surface area contributed by atoms with E-state index in [0.29, 0.717) is 6.54 Å². The maximum atomic E-state index is 11.7. The van der Waals surface area contributed by atoms with Crippen molar-refractivity contribution in [1.29, 1.82) is 0 Å². The zero-order valence-corrected chi connectivity index (χ0v) is 8.56. The van der Waals surface area contributed by atoms with Crippen molar-refractivity contribution < 1.29 is 4.79 Å². The molecule has 70 valence electrons. The van der Waals surface area contributed by atoms with Gasteiger partial charge >= 0.3 is 0 Å². The summed E-state index contributed by atoms with van der Waals surface area (Å²) in [6, 6.07) is 1.93. The lowest BCUT2D eigenvalue weighted by molar-refractivity contribution is 0.0875. The number of ketones is 1. The minimum absolute atomic E-state index is 0.276. The molecule has 1 aromatic rings. The van der Waals surface area contributed by atoms with Crippen molar-refractivity contribution in [2.24, 2.45) is 0 Å². The van der Waals surface area contributed by atoms with Crippen LogP contribution in [0.15, 0.2) is 11.4 Å². The first-order valence-electron chi connectivity index (χ1n) is 4.57. The van der Waals surface area contributed by atoms with E-state index in [0.717, 1.165) is 23.5 Å². The molecule has 0 bridgehead atoms. The molecule has 1 fully saturated rings. The van der Waals surface area contributed by atoms with Crippen molar-refractivity contribution in [2.45, 2.75) is 13.3 Å². The van der Waals surface area contributed by atoms with E-state index in [1.54, 1.807) is 11.3 Å². The second-order valence-electron chi connectivity index (χ2n) is 3.44. The summed E-state index contributed by atoms with van der Waals surface area (Å²) in [5, 5.41) is 1.98. The average Bonchev–Trinajstić information content (AvgIpc) is 2.43. The number of nitrogens with zero attached hydrogens (tertiary/aromatic N) is 1. The van der Waals surface area contributed by atoms with E-state index < -0.39 is 0 Å². The number of likely N-dealkylation sites (tertiary alicyclic amines) is 1. The molecule has 0 unspecified atom stereocenters. The average molecular weight is 195 g/mol. The van der Waals surface area contributed by atoms with Gasteiger partial charge in [0.05, 0.1) is 6.54 Å². The lowest BCUT2D eigenvalue weighted by atomic mass is 10.1. The van der Waals surface area contributed by atoms with Gasteiger partial charge in [-0.2, -0.15) is 0 Å². The minimum atomic E-state index is 0.276. The summed E-state index contributed by atoms with van der Waals surface area (Å²) in [5.74, 6) is 0.276. The fourth-order valence-corrected chi connectivity index (χ4v) is 2.22. The molecule has 1 aromatic heterocycles. The third kappa shape index (κ3) is 1.81. The predicted molar refractivity (Wildman–Crippen MR) is 54.4 cm³/mol. The van der Waals surface area contributed by atoms with Crippen LogP contribution in [-0.2, 0) is 0 Å². The van der Waals surface area contributed by atoms with Crippen LogP contribution in [0, 0.1) is 6.92 Å². The number of carbonyl (C=O) groups excluding carboxylic acids is 1. The summed E-state index contributed by atoms with van der Waals surface area (Å²) < 4.78 is 0. The summed E-state index contributed by atoms with van der Waals surface area (Å²) in [7, 11) is 0. The first-order chi connectivity index (χ1) is 6.27. The van der Waals surface area contributed by atoms with Crippen molar-refractivity contribution >= 4 is 17.1 Å². The quantitative estimate of drug-likeness (QED) is 0.687. The molecule has 1 aliphatic heterocycles. The van der Waals surface area contributed by atoms with E-state index in [4.69, 9.17) is 0 Å². The van der Waals surface area contributed by atoms with Crippen LogP contribution in [-0.4, -0.2) is 30.3 Å². The normalized spacial score (nSPS) is 17.0. The number of Topliss-reactive ketones (excluding diaryl/α,β-unsaturated/α-hetero) is 1. The molecule has 0 radical (unpaired) electrons. The molecular weight excluding hydrogens is 182 g/mol. The molecule has 0 N–H and O–H groups in total. The maximum absolute atomic E-state index is 11.7. The standard InChI is InChI=1S/C10H13NOS/c1-8-9(3-6-13-8)10(12)7-11-4-2-5-11/h3,6H,2,4-5,7H2,1H3. The minimum Gasteiger partial charge on any atom is -0.296 e. The number of hydrogen-bond donors (Lipinski definition) is 0. The van der Waals surface area contributed by atoms with Crippen molar-refractivity contribution in [1.82, 2.24) is 4.90 Å². The van der Waals surface area contributed by atoms with Crippen molar-refractivity contribution in [3.63, 3.8) is 0 Å². The van der Waals surface area contributed by atoms with E-state index in [-0.39, 0.29) is 5.78 Å². The van der Waals surface area contributed by atoms with Gasteiger partial charge in [0.2, 0.25) is 0 Å². The van der Waals surface area contributed by atoms with Gasteiger partial charge in [0.1, 0.15) is 0 Å². The molecule has 0 aromatic carbocycles. The Labute approximate surface area is 82.2 Å². The van der Waals surface area contributed by atoms with Gasteiger partial charge in [-0.1, -0.05) is 0 Å². The highest BCUT2D eigenvalue weighted by Gasteiger charge is 2.19. The number of carbonyl (C=O) groups is 1. The molecule has 2 nitrogen and oxygen atoms in total. The molecule has 1 saturated heterocycles. The molecule has 0 saturated carbocycles. The molecule has 0 spiro atoms. The molecule has 13 heavy (non-hydrogen) atoms. The summed E-state index contributed by atoms with van der Waals surface area (Å²) in [5.41, 5.74) is 0.914. The van der Waals surface area contributed by atoms with Gasteiger partial charge in [-0.05, 0) is 37.9 Å². The first kappa shape index (κ1) is 8.91. The highest BCUT2D eigenvalue weighted by atomic mass is 32.1. The third-order valence-electron chi connectivity index (χ3n) is 2.48. The van der Waals surface area contributed by atoms with E-state index >= 15 is 0 Å². The molecular formula is C10H13NOS. The fourth-order valence-electron chi connectivity index (χ4n) is 1.50. The number of aryl methyl sites for hydroxylation is 1. The van der Waals surface area contributed by atoms with Gasteiger partial charge < -0.3 is 0 Å². The van der Waals surface area contributed by atoms with Gasteiger partial charge in [-0.25, -0.2) is 0 Å². The van der Waals surface area contributed by atoms with Gasteiger partial charge in [-0.3, -0.25) is 9.69 Å². The Morgan fingerprint density at radius 2 is 2.38 bits per heavy atom. The van der Waals surface area contributed by atoms with E-state index in [1.807, 2.05) is 18.4 Å². The van der Waals surface area contributed by atoms with Crippen LogP contribution >= 0.6 is 11.3 Å². The molecule has 0 amide bonds. The monoisotopic (exact) mass is 195 g/mol. The molecule has 2 rings (SSSR count). The number of rotatable bonds is 3. The Morgan fingerprint density at radius 1 is 1.62 bits per heavy atom. The highest BCUT2D eigenvalue weighted by molar-refractivity contribution is 7.10. The summed E-state index contributed by atoms with van der Waals surface area (Å²) in [6.45, 7) is 4.80. The van der Waals surface area contributed by atoms with Crippen molar-refractivity contribution in [3.8, 4) is 0 Å². The van der Waals surface area contributed by atoms with E-state index in [1.165, 1.54) is 6.42 Å². The van der Waals surface area contributed by atoms with Gasteiger partial charge in [0.25, 0.3) is 0 Å². The van der Waals surface area contributed by atoms with Crippen LogP contribution in [0.3, 0.4) is 0 Å². The van der Waals surface area contributed by atoms with Crippen LogP contribution in [0.5, 0.6) is 0 Å². The van der Waals surface area contributed by atoms with Crippen molar-refractivity contribution in [3.05, 3.63) is 21.9 Å². The van der Waals surface area contributed by atoms with Gasteiger partial charge in [-0.15, -0.1) is 11.3 Å². The molecule has 1 aliphatic rings. The van der Waals surface area contributed by atoms with Crippen molar-refractivity contribution in [2.75, 3.05) is 19.6 Å². The topological polar surface area (TPSA) is 20.3 Å². The lowest BCUT2D eigenvalue weighted by Crippen LogP contribution is -2.40. The molecule has 2 heterocycles. The molecule has 0 atom stereocenters.